The number of piperidine rings is 1. The van der Waals surface area contributed by atoms with Crippen LogP contribution < -0.4 is 4.90 Å². The van der Waals surface area contributed by atoms with E-state index in [0.717, 1.165) is 53.1 Å². The van der Waals surface area contributed by atoms with E-state index in [1.54, 1.807) is 30.3 Å². The first-order chi connectivity index (χ1) is 16.0. The van der Waals surface area contributed by atoms with E-state index in [9.17, 15) is 19.5 Å². The number of carbonyl (C=O) groups excluding carboxylic acids is 2. The van der Waals surface area contributed by atoms with Gasteiger partial charge in [0.15, 0.2) is 0 Å². The summed E-state index contributed by atoms with van der Waals surface area (Å²) in [6.07, 6.45) is 5.09. The highest BCUT2D eigenvalue weighted by atomic mass is 16.4. The quantitative estimate of drug-likeness (QED) is 0.489. The third kappa shape index (κ3) is 3.86. The Morgan fingerprint density at radius 3 is 2.39 bits per heavy atom. The van der Waals surface area contributed by atoms with E-state index in [0.29, 0.717) is 16.7 Å². The van der Waals surface area contributed by atoms with Crippen LogP contribution in [-0.2, 0) is 9.59 Å². The number of aliphatic carboxylic acids is 1. The number of carboxylic acids is 1. The van der Waals surface area contributed by atoms with Gasteiger partial charge in [-0.3, -0.25) is 19.3 Å². The Morgan fingerprint density at radius 1 is 0.939 bits per heavy atom. The number of amides is 2. The summed E-state index contributed by atoms with van der Waals surface area (Å²) in [4.78, 5) is 45.5. The van der Waals surface area contributed by atoms with E-state index in [-0.39, 0.29) is 0 Å². The molecule has 0 aliphatic carbocycles. The molecule has 1 fully saturated rings. The molecule has 2 aromatic carbocycles. The summed E-state index contributed by atoms with van der Waals surface area (Å²) in [5, 5.41) is 10.2. The second-order valence-corrected chi connectivity index (χ2v) is 8.34. The minimum atomic E-state index is -1.24. The van der Waals surface area contributed by atoms with Crippen LogP contribution in [-0.4, -0.2) is 52.4 Å². The molecule has 3 heterocycles. The zero-order valence-corrected chi connectivity index (χ0v) is 18.0. The highest BCUT2D eigenvalue weighted by Gasteiger charge is 2.36. The monoisotopic (exact) mass is 441 g/mol. The Bertz CT molecular complexity index is 1310. The fraction of sp³-hybridized carbons (Fsp3) is 0.231. The maximum absolute atomic E-state index is 13.3. The molecule has 1 saturated heterocycles. The zero-order valence-electron chi connectivity index (χ0n) is 18.0. The number of hydrogen-bond acceptors (Lipinski definition) is 5. The van der Waals surface area contributed by atoms with Crippen molar-refractivity contribution in [3.8, 4) is 0 Å². The lowest BCUT2D eigenvalue weighted by Crippen LogP contribution is -2.44. The maximum Gasteiger partial charge on any atom is 0.323 e. The number of benzene rings is 2. The molecule has 0 atom stereocenters. The molecule has 0 bridgehead atoms. The van der Waals surface area contributed by atoms with Crippen molar-refractivity contribution in [2.75, 3.05) is 24.5 Å². The Morgan fingerprint density at radius 2 is 1.64 bits per heavy atom. The van der Waals surface area contributed by atoms with E-state index in [1.165, 1.54) is 6.42 Å². The van der Waals surface area contributed by atoms with Crippen LogP contribution in [0.1, 0.15) is 40.7 Å². The van der Waals surface area contributed by atoms with Gasteiger partial charge >= 0.3 is 5.97 Å². The Labute approximate surface area is 191 Å². The zero-order chi connectivity index (χ0) is 22.9. The fourth-order valence-electron chi connectivity index (χ4n) is 4.56. The van der Waals surface area contributed by atoms with Crippen molar-refractivity contribution in [1.29, 1.82) is 0 Å². The number of anilines is 1. The number of fused-ring (bicyclic) bond motifs is 2. The number of imide groups is 1. The first kappa shape index (κ1) is 20.9. The number of nitrogens with zero attached hydrogens (tertiary/aromatic N) is 3. The lowest BCUT2D eigenvalue weighted by Gasteiger charge is -2.30. The van der Waals surface area contributed by atoms with Crippen molar-refractivity contribution < 1.29 is 19.5 Å². The van der Waals surface area contributed by atoms with E-state index in [4.69, 9.17) is 4.98 Å². The number of carboxylic acid groups (broad SMARTS) is 1. The van der Waals surface area contributed by atoms with Gasteiger partial charge in [-0.05, 0) is 49.1 Å². The van der Waals surface area contributed by atoms with Gasteiger partial charge in [-0.2, -0.15) is 0 Å². The van der Waals surface area contributed by atoms with Gasteiger partial charge in [0.2, 0.25) is 0 Å². The highest BCUT2D eigenvalue weighted by molar-refractivity contribution is 6.34. The highest BCUT2D eigenvalue weighted by Crippen LogP contribution is 2.34. The van der Waals surface area contributed by atoms with E-state index in [2.05, 4.69) is 4.90 Å². The van der Waals surface area contributed by atoms with Gasteiger partial charge in [-0.15, -0.1) is 0 Å². The van der Waals surface area contributed by atoms with Crippen molar-refractivity contribution in [3.05, 3.63) is 71.3 Å². The molecule has 33 heavy (non-hydrogen) atoms. The van der Waals surface area contributed by atoms with Gasteiger partial charge in [0.25, 0.3) is 11.8 Å². The molecule has 2 aliphatic heterocycles. The number of aromatic nitrogens is 1. The van der Waals surface area contributed by atoms with Gasteiger partial charge < -0.3 is 10.0 Å². The molecule has 1 aromatic heterocycles. The fourth-order valence-corrected chi connectivity index (χ4v) is 4.56. The number of hydrogen-bond donors (Lipinski definition) is 1. The molecule has 2 amide bonds. The standard InChI is InChI=1S/C26H23N3O4/c30-23(31)16-29-25(32)20-10-4-3-9-19(20)21(26(29)33)15-18-14-17-8-2-5-11-22(17)27-24(18)28-12-6-1-7-13-28/h2-5,8-11,14-15H,1,6-7,12-13,16H2,(H,30,31)/b21-15-. The summed E-state index contributed by atoms with van der Waals surface area (Å²) in [5.74, 6) is -1.65. The molecule has 2 aliphatic rings. The third-order valence-corrected chi connectivity index (χ3v) is 6.15. The third-order valence-electron chi connectivity index (χ3n) is 6.15. The summed E-state index contributed by atoms with van der Waals surface area (Å²) in [5.41, 5.74) is 2.77. The second-order valence-electron chi connectivity index (χ2n) is 8.34. The van der Waals surface area contributed by atoms with Gasteiger partial charge in [0, 0.05) is 35.2 Å². The number of carbonyl (C=O) groups is 3. The molecule has 7 nitrogen and oxygen atoms in total. The van der Waals surface area contributed by atoms with Crippen LogP contribution in [0.4, 0.5) is 5.82 Å². The molecule has 0 saturated carbocycles. The summed E-state index contributed by atoms with van der Waals surface area (Å²) < 4.78 is 0. The molecule has 3 aromatic rings. The molecular formula is C26H23N3O4. The van der Waals surface area contributed by atoms with Crippen molar-refractivity contribution in [1.82, 2.24) is 9.88 Å². The van der Waals surface area contributed by atoms with E-state index >= 15 is 0 Å². The van der Waals surface area contributed by atoms with Crippen LogP contribution in [0.5, 0.6) is 0 Å². The van der Waals surface area contributed by atoms with Gasteiger partial charge in [0.1, 0.15) is 12.4 Å². The molecule has 0 radical (unpaired) electrons. The first-order valence-electron chi connectivity index (χ1n) is 11.1. The van der Waals surface area contributed by atoms with Crippen molar-refractivity contribution in [2.45, 2.75) is 19.3 Å². The Kier molecular flexibility index (Phi) is 5.38. The summed E-state index contributed by atoms with van der Waals surface area (Å²) in [6, 6.07) is 16.7. The first-order valence-corrected chi connectivity index (χ1v) is 11.1. The number of pyridine rings is 1. The van der Waals surface area contributed by atoms with Gasteiger partial charge in [0.05, 0.1) is 5.52 Å². The Balaban J connectivity index is 1.70. The largest absolute Gasteiger partial charge is 0.480 e. The SMILES string of the molecule is O=C(O)CN1C(=O)/C(=C\c2cc3ccccc3nc2N2CCCCC2)c2ccccc2C1=O. The summed E-state index contributed by atoms with van der Waals surface area (Å²) in [7, 11) is 0. The topological polar surface area (TPSA) is 90.8 Å². The van der Waals surface area contributed by atoms with E-state index < -0.39 is 24.3 Å². The van der Waals surface area contributed by atoms with Crippen LogP contribution >= 0.6 is 0 Å². The summed E-state index contributed by atoms with van der Waals surface area (Å²) >= 11 is 0. The molecule has 0 spiro atoms. The van der Waals surface area contributed by atoms with Crippen LogP contribution in [0.15, 0.2) is 54.6 Å². The van der Waals surface area contributed by atoms with Gasteiger partial charge in [-0.1, -0.05) is 36.4 Å². The van der Waals surface area contributed by atoms with Crippen LogP contribution in [0.2, 0.25) is 0 Å². The van der Waals surface area contributed by atoms with Crippen LogP contribution in [0, 0.1) is 0 Å². The average molecular weight is 441 g/mol. The van der Waals surface area contributed by atoms with Crippen LogP contribution in [0.25, 0.3) is 22.6 Å². The molecule has 166 valence electrons. The normalized spacial score (nSPS) is 17.5. The van der Waals surface area contributed by atoms with Gasteiger partial charge in [-0.25, -0.2) is 4.98 Å². The van der Waals surface area contributed by atoms with Crippen molar-refractivity contribution in [2.24, 2.45) is 0 Å². The second kappa shape index (κ2) is 8.50. The number of rotatable bonds is 4. The molecule has 1 N–H and O–H groups in total. The molecule has 7 heteroatoms. The lowest BCUT2D eigenvalue weighted by molar-refractivity contribution is -0.141. The lowest BCUT2D eigenvalue weighted by atomic mass is 9.91. The predicted molar refractivity (Wildman–Crippen MR) is 126 cm³/mol. The van der Waals surface area contributed by atoms with Crippen molar-refractivity contribution in [3.63, 3.8) is 0 Å². The minimum absolute atomic E-state index is 0.293. The predicted octanol–water partition coefficient (Wildman–Crippen LogP) is 3.83. The van der Waals surface area contributed by atoms with E-state index in [1.807, 2.05) is 30.3 Å². The summed E-state index contributed by atoms with van der Waals surface area (Å²) in [6.45, 7) is 1.09. The van der Waals surface area contributed by atoms with Crippen LogP contribution in [0.3, 0.4) is 0 Å². The number of para-hydroxylation sites is 1. The molecular weight excluding hydrogens is 418 g/mol. The maximum atomic E-state index is 13.3. The minimum Gasteiger partial charge on any atom is -0.480 e. The Hall–Kier alpha value is -4.00. The van der Waals surface area contributed by atoms with Crippen molar-refractivity contribution >= 4 is 46.2 Å². The molecule has 5 rings (SSSR count). The molecule has 0 unspecified atom stereocenters. The average Bonchev–Trinajstić information content (AvgIpc) is 2.84. The smallest absolute Gasteiger partial charge is 0.323 e.